The molecule has 1 fully saturated rings. The summed E-state index contributed by atoms with van der Waals surface area (Å²) < 4.78 is 23.6. The van der Waals surface area contributed by atoms with E-state index in [1.165, 1.54) is 44.8 Å². The largest absolute Gasteiger partial charge is 0.463 e. The molecule has 0 spiro atoms. The van der Waals surface area contributed by atoms with Crippen LogP contribution in [0.15, 0.2) is 18.0 Å². The summed E-state index contributed by atoms with van der Waals surface area (Å²) >= 11 is 1.43. The van der Waals surface area contributed by atoms with Gasteiger partial charge >= 0.3 is 17.9 Å². The molecule has 3 aromatic rings. The van der Waals surface area contributed by atoms with Gasteiger partial charge in [0, 0.05) is 31.8 Å². The average Bonchev–Trinajstić information content (AvgIpc) is 3.44. The molecule has 33 heavy (non-hydrogen) atoms. The number of ether oxygens (including phenoxy) is 4. The number of rotatable bonds is 6. The van der Waals surface area contributed by atoms with Crippen LogP contribution in [0.1, 0.15) is 32.7 Å². The lowest BCUT2D eigenvalue weighted by Gasteiger charge is -2.23. The molecular formula is C20H21N5O7S. The molecule has 1 aliphatic rings. The van der Waals surface area contributed by atoms with E-state index in [-0.39, 0.29) is 6.61 Å². The second-order valence-corrected chi connectivity index (χ2v) is 8.21. The zero-order valence-electron chi connectivity index (χ0n) is 18.3. The highest BCUT2D eigenvalue weighted by Crippen LogP contribution is 2.37. The van der Waals surface area contributed by atoms with Gasteiger partial charge in [-0.1, -0.05) is 0 Å². The molecule has 4 rings (SSSR count). The van der Waals surface area contributed by atoms with Gasteiger partial charge < -0.3 is 18.9 Å². The van der Waals surface area contributed by atoms with Crippen molar-refractivity contribution in [3.05, 3.63) is 23.7 Å². The summed E-state index contributed by atoms with van der Waals surface area (Å²) in [5, 5.41) is 2.58. The standard InChI is InChI=1S/C20H21N5O7S/c1-9-6-33-19(24-9)15-14-18(22-7-21-15)25(8-23-14)20-17(31-12(4)28)16(30-11(3)27)13(32-20)5-29-10(2)26/h6-8,13,16-17,20H,5H2,1-4H3/t13-,16-,17-,20-/m1/s1. The summed E-state index contributed by atoms with van der Waals surface area (Å²) in [6.07, 6.45) is -1.04. The highest BCUT2D eigenvalue weighted by molar-refractivity contribution is 7.13. The summed E-state index contributed by atoms with van der Waals surface area (Å²) in [5.74, 6) is -1.73. The topological polar surface area (TPSA) is 145 Å². The smallest absolute Gasteiger partial charge is 0.303 e. The Hall–Kier alpha value is -3.45. The molecule has 1 saturated heterocycles. The van der Waals surface area contributed by atoms with Gasteiger partial charge in [-0.2, -0.15) is 0 Å². The molecule has 0 aromatic carbocycles. The third kappa shape index (κ3) is 4.68. The van der Waals surface area contributed by atoms with Crippen molar-refractivity contribution < 1.29 is 33.3 Å². The first-order valence-corrected chi connectivity index (χ1v) is 10.9. The SMILES string of the molecule is CC(=O)OC[C@H]1O[C@@H](n2cnc3c(-c4nc(C)cs4)ncnc32)[C@H](OC(C)=O)[C@@H]1OC(C)=O. The van der Waals surface area contributed by atoms with E-state index in [1.54, 1.807) is 4.57 Å². The Bertz CT molecular complexity index is 1210. The number of thiazole rings is 1. The van der Waals surface area contributed by atoms with Gasteiger partial charge in [-0.3, -0.25) is 19.0 Å². The zero-order valence-corrected chi connectivity index (χ0v) is 19.1. The predicted molar refractivity (Wildman–Crippen MR) is 113 cm³/mol. The van der Waals surface area contributed by atoms with Gasteiger partial charge in [-0.05, 0) is 6.92 Å². The fourth-order valence-corrected chi connectivity index (χ4v) is 4.37. The molecule has 0 aliphatic carbocycles. The van der Waals surface area contributed by atoms with Crippen molar-refractivity contribution in [1.29, 1.82) is 0 Å². The second kappa shape index (κ2) is 9.19. The number of aryl methyl sites for hydroxylation is 1. The van der Waals surface area contributed by atoms with Gasteiger partial charge in [0.05, 0.1) is 6.33 Å². The number of aromatic nitrogens is 5. The van der Waals surface area contributed by atoms with E-state index in [0.29, 0.717) is 21.9 Å². The summed E-state index contributed by atoms with van der Waals surface area (Å²) in [5.41, 5.74) is 2.29. The Balaban J connectivity index is 1.76. The number of carbonyl (C=O) groups is 3. The maximum Gasteiger partial charge on any atom is 0.303 e. The van der Waals surface area contributed by atoms with E-state index in [0.717, 1.165) is 5.69 Å². The van der Waals surface area contributed by atoms with E-state index in [1.807, 2.05) is 12.3 Å². The van der Waals surface area contributed by atoms with Crippen molar-refractivity contribution >= 4 is 40.4 Å². The minimum Gasteiger partial charge on any atom is -0.463 e. The van der Waals surface area contributed by atoms with Crippen molar-refractivity contribution in [2.24, 2.45) is 0 Å². The van der Waals surface area contributed by atoms with Gasteiger partial charge in [-0.15, -0.1) is 11.3 Å². The molecule has 12 nitrogen and oxygen atoms in total. The Labute approximate surface area is 191 Å². The monoisotopic (exact) mass is 475 g/mol. The van der Waals surface area contributed by atoms with Crippen LogP contribution in [0.25, 0.3) is 21.9 Å². The molecule has 174 valence electrons. The first-order valence-electron chi connectivity index (χ1n) is 9.98. The molecule has 0 radical (unpaired) electrons. The molecule has 4 atom stereocenters. The van der Waals surface area contributed by atoms with Gasteiger partial charge in [0.25, 0.3) is 0 Å². The van der Waals surface area contributed by atoms with Crippen molar-refractivity contribution in [2.45, 2.75) is 52.2 Å². The van der Waals surface area contributed by atoms with Gasteiger partial charge in [-0.25, -0.2) is 19.9 Å². The van der Waals surface area contributed by atoms with Crippen LogP contribution in [0.4, 0.5) is 0 Å². The second-order valence-electron chi connectivity index (χ2n) is 7.36. The van der Waals surface area contributed by atoms with Crippen LogP contribution in [0.5, 0.6) is 0 Å². The van der Waals surface area contributed by atoms with Crippen molar-refractivity contribution in [1.82, 2.24) is 24.5 Å². The minimum absolute atomic E-state index is 0.202. The predicted octanol–water partition coefficient (Wildman–Crippen LogP) is 1.58. The lowest BCUT2D eigenvalue weighted by Crippen LogP contribution is -2.40. The van der Waals surface area contributed by atoms with Gasteiger partial charge in [0.2, 0.25) is 0 Å². The van der Waals surface area contributed by atoms with E-state index in [4.69, 9.17) is 18.9 Å². The number of hydrogen-bond donors (Lipinski definition) is 0. The van der Waals surface area contributed by atoms with Crippen molar-refractivity contribution in [3.63, 3.8) is 0 Å². The Morgan fingerprint density at radius 3 is 2.42 bits per heavy atom. The number of hydrogen-bond acceptors (Lipinski definition) is 12. The Morgan fingerprint density at radius 2 is 1.79 bits per heavy atom. The molecule has 0 unspecified atom stereocenters. The van der Waals surface area contributed by atoms with Gasteiger partial charge in [0.1, 0.15) is 35.3 Å². The fourth-order valence-electron chi connectivity index (χ4n) is 3.57. The quantitative estimate of drug-likeness (QED) is 0.378. The average molecular weight is 475 g/mol. The molecular weight excluding hydrogens is 454 g/mol. The van der Waals surface area contributed by atoms with Crippen LogP contribution in [-0.2, 0) is 33.3 Å². The van der Waals surface area contributed by atoms with Crippen LogP contribution >= 0.6 is 11.3 Å². The normalized spacial score (nSPS) is 22.3. The molecule has 13 heteroatoms. The Morgan fingerprint density at radius 1 is 1.06 bits per heavy atom. The fraction of sp³-hybridized carbons (Fsp3) is 0.450. The van der Waals surface area contributed by atoms with Crippen LogP contribution < -0.4 is 0 Å². The van der Waals surface area contributed by atoms with Crippen LogP contribution in [0, 0.1) is 6.92 Å². The highest BCUT2D eigenvalue weighted by Gasteiger charge is 2.51. The third-order valence-electron chi connectivity index (χ3n) is 4.79. The van der Waals surface area contributed by atoms with E-state index < -0.39 is 42.4 Å². The summed E-state index contributed by atoms with van der Waals surface area (Å²) in [4.78, 5) is 52.5. The summed E-state index contributed by atoms with van der Waals surface area (Å²) in [6.45, 7) is 5.39. The molecule has 3 aromatic heterocycles. The molecule has 0 saturated carbocycles. The summed E-state index contributed by atoms with van der Waals surface area (Å²) in [6, 6.07) is 0. The minimum atomic E-state index is -1.04. The van der Waals surface area contributed by atoms with Crippen molar-refractivity contribution in [2.75, 3.05) is 6.61 Å². The summed E-state index contributed by atoms with van der Waals surface area (Å²) in [7, 11) is 0. The molecule has 0 N–H and O–H groups in total. The van der Waals surface area contributed by atoms with E-state index in [9.17, 15) is 14.4 Å². The van der Waals surface area contributed by atoms with Crippen molar-refractivity contribution in [3.8, 4) is 10.7 Å². The first kappa shape index (κ1) is 22.7. The molecule has 4 heterocycles. The van der Waals surface area contributed by atoms with Crippen LogP contribution in [0.3, 0.4) is 0 Å². The number of imidazole rings is 1. The highest BCUT2D eigenvalue weighted by atomic mass is 32.1. The molecule has 0 amide bonds. The third-order valence-corrected chi connectivity index (χ3v) is 5.76. The van der Waals surface area contributed by atoms with E-state index in [2.05, 4.69) is 19.9 Å². The first-order chi connectivity index (χ1) is 15.7. The lowest BCUT2D eigenvalue weighted by atomic mass is 10.1. The van der Waals surface area contributed by atoms with Crippen LogP contribution in [-0.4, -0.2) is 67.3 Å². The molecule has 1 aliphatic heterocycles. The Kier molecular flexibility index (Phi) is 6.33. The zero-order chi connectivity index (χ0) is 23.7. The number of carbonyl (C=O) groups excluding carboxylic acids is 3. The maximum atomic E-state index is 11.9. The number of fused-ring (bicyclic) bond motifs is 1. The molecule has 0 bridgehead atoms. The van der Waals surface area contributed by atoms with Gasteiger partial charge in [0.15, 0.2) is 24.1 Å². The van der Waals surface area contributed by atoms with E-state index >= 15 is 0 Å². The van der Waals surface area contributed by atoms with Crippen LogP contribution in [0.2, 0.25) is 0 Å². The lowest BCUT2D eigenvalue weighted by molar-refractivity contribution is -0.166. The maximum absolute atomic E-state index is 11.9. The number of nitrogens with zero attached hydrogens (tertiary/aromatic N) is 5. The number of esters is 3.